The van der Waals surface area contributed by atoms with Crippen LogP contribution in [0.15, 0.2) is 23.8 Å². The highest BCUT2D eigenvalue weighted by molar-refractivity contribution is 5.80. The number of hydrogen-bond acceptors (Lipinski definition) is 9. The van der Waals surface area contributed by atoms with Crippen LogP contribution in [0.4, 0.5) is 0 Å². The maximum absolute atomic E-state index is 13.0. The molecule has 0 radical (unpaired) electrons. The molecule has 10 nitrogen and oxygen atoms in total. The van der Waals surface area contributed by atoms with Gasteiger partial charge in [-0.3, -0.25) is 4.79 Å². The maximum Gasteiger partial charge on any atom is 0.249 e. The second kappa shape index (κ2) is 31.0. The van der Waals surface area contributed by atoms with Gasteiger partial charge in [-0.25, -0.2) is 0 Å². The van der Waals surface area contributed by atoms with E-state index in [2.05, 4.69) is 32.2 Å². The highest BCUT2D eigenvalue weighted by Crippen LogP contribution is 2.22. The Labute approximate surface area is 310 Å². The van der Waals surface area contributed by atoms with Gasteiger partial charge in [0, 0.05) is 0 Å². The predicted molar refractivity (Wildman–Crippen MR) is 204 cm³/mol. The van der Waals surface area contributed by atoms with Gasteiger partial charge in [0.25, 0.3) is 0 Å². The van der Waals surface area contributed by atoms with E-state index < -0.39 is 61.5 Å². The van der Waals surface area contributed by atoms with E-state index in [9.17, 15) is 35.4 Å². The molecular formula is C41H77NO9. The summed E-state index contributed by atoms with van der Waals surface area (Å²) in [6, 6.07) is -0.993. The molecule has 1 aliphatic rings. The van der Waals surface area contributed by atoms with Crippen molar-refractivity contribution in [2.75, 3.05) is 13.2 Å². The van der Waals surface area contributed by atoms with E-state index in [0.717, 1.165) is 32.1 Å². The first-order chi connectivity index (χ1) is 24.7. The summed E-state index contributed by atoms with van der Waals surface area (Å²) in [5.74, 6) is -0.628. The van der Waals surface area contributed by atoms with Crippen molar-refractivity contribution in [2.45, 2.75) is 217 Å². The van der Waals surface area contributed by atoms with Crippen LogP contribution in [-0.4, -0.2) is 98.7 Å². The molecule has 0 aliphatic carbocycles. The highest BCUT2D eigenvalue weighted by Gasteiger charge is 2.44. The average Bonchev–Trinajstić information content (AvgIpc) is 3.12. The fourth-order valence-electron chi connectivity index (χ4n) is 6.48. The average molecular weight is 728 g/mol. The van der Waals surface area contributed by atoms with Crippen molar-refractivity contribution >= 4 is 5.91 Å². The monoisotopic (exact) mass is 728 g/mol. The van der Waals surface area contributed by atoms with E-state index in [1.807, 2.05) is 6.08 Å². The van der Waals surface area contributed by atoms with Crippen molar-refractivity contribution in [3.05, 3.63) is 23.8 Å². The minimum Gasteiger partial charge on any atom is -0.394 e. The minimum atomic E-state index is -1.61. The number of ether oxygens (including phenoxy) is 2. The number of aliphatic hydroxyl groups is 6. The molecule has 0 spiro atoms. The summed E-state index contributed by atoms with van der Waals surface area (Å²) in [6.45, 7) is 5.70. The maximum atomic E-state index is 13.0. The highest BCUT2D eigenvalue weighted by atomic mass is 16.7. The Morgan fingerprint density at radius 3 is 1.82 bits per heavy atom. The molecule has 0 aromatic carbocycles. The first-order valence-electron chi connectivity index (χ1n) is 20.6. The number of rotatable bonds is 32. The molecular weight excluding hydrogens is 650 g/mol. The number of aliphatic hydroxyl groups excluding tert-OH is 6. The van der Waals surface area contributed by atoms with E-state index >= 15 is 0 Å². The Bertz CT molecular complexity index is 898. The molecule has 0 aromatic heterocycles. The lowest BCUT2D eigenvalue weighted by molar-refractivity contribution is -0.302. The summed E-state index contributed by atoms with van der Waals surface area (Å²) >= 11 is 0. The number of allylic oxidation sites excluding steroid dienone is 3. The molecule has 1 aliphatic heterocycles. The second-order valence-electron chi connectivity index (χ2n) is 14.8. The summed E-state index contributed by atoms with van der Waals surface area (Å²) < 4.78 is 11.1. The lowest BCUT2D eigenvalue weighted by atomic mass is 9.99. The number of nitrogens with one attached hydrogen (secondary N) is 1. The molecule has 51 heavy (non-hydrogen) atoms. The first-order valence-corrected chi connectivity index (χ1v) is 20.6. The van der Waals surface area contributed by atoms with Gasteiger partial charge in [0.1, 0.15) is 30.5 Å². The van der Waals surface area contributed by atoms with Crippen LogP contribution in [0.1, 0.15) is 168 Å². The van der Waals surface area contributed by atoms with Gasteiger partial charge < -0.3 is 45.4 Å². The standard InChI is InChI=1S/C41H77NO9/c1-4-6-8-10-12-13-14-15-16-18-20-24-29-35(45)40(49)42-33(31-50-41-39(48)38(47)37(46)36(30-43)51-41)34(44)28-25-21-23-27-32(3)26-22-19-17-11-9-7-5-2/h25,27-28,33-39,41,43-48H,4-24,26,29-31H2,1-3H3,(H,42,49)/b28-25+,32-27+/t33-,34-,35-,36-,37-,38+,39-,41-/m1/s1. The lowest BCUT2D eigenvalue weighted by Gasteiger charge is -2.40. The number of unbranched alkanes of at least 4 members (excludes halogenated alkanes) is 18. The van der Waals surface area contributed by atoms with E-state index in [-0.39, 0.29) is 6.61 Å². The second-order valence-corrected chi connectivity index (χ2v) is 14.8. The van der Waals surface area contributed by atoms with Gasteiger partial charge in [0.05, 0.1) is 25.4 Å². The van der Waals surface area contributed by atoms with Crippen molar-refractivity contribution in [1.29, 1.82) is 0 Å². The van der Waals surface area contributed by atoms with Crippen molar-refractivity contribution in [1.82, 2.24) is 5.32 Å². The Kier molecular flexibility index (Phi) is 29.0. The smallest absolute Gasteiger partial charge is 0.249 e. The van der Waals surface area contributed by atoms with Gasteiger partial charge in [-0.2, -0.15) is 0 Å². The van der Waals surface area contributed by atoms with Crippen molar-refractivity contribution < 1.29 is 44.9 Å². The molecule has 7 N–H and O–H groups in total. The molecule has 10 heteroatoms. The van der Waals surface area contributed by atoms with Gasteiger partial charge >= 0.3 is 0 Å². The number of carbonyl (C=O) groups excluding carboxylic acids is 1. The Morgan fingerprint density at radius 2 is 1.27 bits per heavy atom. The molecule has 1 amide bonds. The zero-order valence-electron chi connectivity index (χ0n) is 32.4. The Morgan fingerprint density at radius 1 is 0.745 bits per heavy atom. The quantitative estimate of drug-likeness (QED) is 0.0301. The molecule has 300 valence electrons. The van der Waals surface area contributed by atoms with Gasteiger partial charge in [-0.05, 0) is 39.0 Å². The fraction of sp³-hybridized carbons (Fsp3) is 0.878. The molecule has 1 rings (SSSR count). The van der Waals surface area contributed by atoms with Crippen LogP contribution in [0, 0.1) is 0 Å². The minimum absolute atomic E-state index is 0.306. The lowest BCUT2D eigenvalue weighted by Crippen LogP contribution is -2.60. The van der Waals surface area contributed by atoms with Gasteiger partial charge in [-0.15, -0.1) is 0 Å². The normalized spacial score (nSPS) is 23.1. The van der Waals surface area contributed by atoms with Crippen LogP contribution >= 0.6 is 0 Å². The summed E-state index contributed by atoms with van der Waals surface area (Å²) in [7, 11) is 0. The Balaban J connectivity index is 2.59. The molecule has 0 bridgehead atoms. The fourth-order valence-corrected chi connectivity index (χ4v) is 6.48. The van der Waals surface area contributed by atoms with E-state index in [0.29, 0.717) is 19.3 Å². The number of hydrogen-bond donors (Lipinski definition) is 7. The van der Waals surface area contributed by atoms with Crippen LogP contribution in [0.3, 0.4) is 0 Å². The van der Waals surface area contributed by atoms with E-state index in [1.165, 1.54) is 102 Å². The number of amides is 1. The van der Waals surface area contributed by atoms with Gasteiger partial charge in [0.2, 0.25) is 5.91 Å². The van der Waals surface area contributed by atoms with E-state index in [1.54, 1.807) is 6.08 Å². The third-order valence-corrected chi connectivity index (χ3v) is 10.00. The zero-order valence-corrected chi connectivity index (χ0v) is 32.4. The molecule has 1 fully saturated rings. The molecule has 0 unspecified atom stereocenters. The van der Waals surface area contributed by atoms with Crippen LogP contribution in [-0.2, 0) is 14.3 Å². The largest absolute Gasteiger partial charge is 0.394 e. The van der Waals surface area contributed by atoms with Crippen LogP contribution in [0.25, 0.3) is 0 Å². The van der Waals surface area contributed by atoms with Crippen molar-refractivity contribution in [2.24, 2.45) is 0 Å². The first kappa shape index (κ1) is 47.7. The number of carbonyl (C=O) groups is 1. The zero-order chi connectivity index (χ0) is 37.7. The Hall–Kier alpha value is -1.37. The van der Waals surface area contributed by atoms with Crippen molar-refractivity contribution in [3.63, 3.8) is 0 Å². The predicted octanol–water partition coefficient (Wildman–Crippen LogP) is 6.52. The van der Waals surface area contributed by atoms with Crippen LogP contribution in [0.2, 0.25) is 0 Å². The third-order valence-electron chi connectivity index (χ3n) is 10.00. The summed E-state index contributed by atoms with van der Waals surface area (Å²) in [4.78, 5) is 13.0. The summed E-state index contributed by atoms with van der Waals surface area (Å²) in [5, 5.41) is 64.5. The molecule has 1 heterocycles. The molecule has 0 saturated carbocycles. The molecule has 0 aromatic rings. The van der Waals surface area contributed by atoms with Crippen molar-refractivity contribution in [3.8, 4) is 0 Å². The SMILES string of the molecule is CCCCCCCCCCCCCC[C@@H](O)C(=O)N[C@H](CO[C@@H]1O[C@H](CO)[C@@H](O)[C@H](O)[C@H]1O)[C@H](O)/C=C/CC/C=C(\C)CCCCCCCCC. The molecule has 1 saturated heterocycles. The molecule has 8 atom stereocenters. The summed E-state index contributed by atoms with van der Waals surface area (Å²) in [6.07, 6.45) is 22.0. The van der Waals surface area contributed by atoms with Crippen LogP contribution < -0.4 is 5.32 Å². The topological polar surface area (TPSA) is 169 Å². The van der Waals surface area contributed by atoms with Crippen LogP contribution in [0.5, 0.6) is 0 Å². The third kappa shape index (κ3) is 22.4. The van der Waals surface area contributed by atoms with E-state index in [4.69, 9.17) is 9.47 Å². The van der Waals surface area contributed by atoms with Gasteiger partial charge in [-0.1, -0.05) is 153 Å². The van der Waals surface area contributed by atoms with Gasteiger partial charge in [0.15, 0.2) is 6.29 Å². The summed E-state index contributed by atoms with van der Waals surface area (Å²) in [5.41, 5.74) is 1.36.